The smallest absolute Gasteiger partial charge is 0.236 e. The van der Waals surface area contributed by atoms with Crippen molar-refractivity contribution in [3.8, 4) is 0 Å². The predicted octanol–water partition coefficient (Wildman–Crippen LogP) is 9.75. The van der Waals surface area contributed by atoms with E-state index in [9.17, 15) is 9.59 Å². The van der Waals surface area contributed by atoms with Crippen LogP contribution in [0.3, 0.4) is 0 Å². The standard InChI is InChI=1S/C11H23N3O.C11H25N3.C11H24N2O.C11H24N2.C10H22N2.C9H18N2O.2C9H20N2.2C8H18N2.C8H20N2/c1-10(2)13-5-7-14(8-6-13)11(15)9-12(3)4;1-11(2)13(4)7-10-14-8-5-12(3)6-9-14;1-11(2,3)12(4)5-6-13-7-9-14-10-8-13;1-11(2)12(3)9-10-13-7-5-4-6-8-13;1-10(2)11(3)8-9-12-6-4-5-7-12;1-8(2)10-4-6-11(7-5-10)9(3)12;2*1-8(2)11-6-5-9(7-11)10(3)4;1-7(2)10-5-8(6-10)9(3)4;1-8(2)10-6-4-9(3)5-7-10;1-8(2)10(5)7-6-9(3)4/h10H,5-9H2,1-4H3;11H,5-10H2,1-4H3;5-10H2,1-4H3;11H,4-10H2,1-3H3;10H,4-9H2,1-3H3;8H,4-7H2,1-3H3;2*8-9H,5-7H2,1-4H3;7-8H,5-6H2,1-4H3;8H,4-7H2,1-3H3;8H,6-7H2,1-5H3/t;;;;;;2*9-;;;/m......10.../s1. The molecule has 0 N–H and O–H groups in total. The molecule has 2 atom stereocenters. The molecule has 132 heavy (non-hydrogen) atoms. The first-order valence-corrected chi connectivity index (χ1v) is 53.3. The topological polar surface area (TPSA) is 121 Å². The molecule has 0 spiro atoms. The van der Waals surface area contributed by atoms with Crippen LogP contribution in [0.15, 0.2) is 0 Å². The van der Waals surface area contributed by atoms with Crippen molar-refractivity contribution in [3.05, 3.63) is 0 Å². The third-order valence-electron chi connectivity index (χ3n) is 29.2. The van der Waals surface area contributed by atoms with Gasteiger partial charge in [0.25, 0.3) is 0 Å². The number of morpholine rings is 1. The molecule has 0 saturated carbocycles. The second kappa shape index (κ2) is 73.1. The zero-order valence-electron chi connectivity index (χ0n) is 95.9. The van der Waals surface area contributed by atoms with Gasteiger partial charge >= 0.3 is 0 Å². The fraction of sp³-hybridized carbons (Fsp3) is 0.981. The molecular formula is C105H232N24O3. The summed E-state index contributed by atoms with van der Waals surface area (Å²) < 4.78 is 5.32. The minimum Gasteiger partial charge on any atom is -0.379 e. The van der Waals surface area contributed by atoms with Crippen LogP contribution in [0, 0.1) is 0 Å². The molecule has 10 saturated heterocycles. The van der Waals surface area contributed by atoms with Gasteiger partial charge in [0.1, 0.15) is 0 Å². The number of likely N-dealkylation sites (tertiary alicyclic amines) is 5. The summed E-state index contributed by atoms with van der Waals surface area (Å²) in [6, 6.07) is 9.21. The van der Waals surface area contributed by atoms with Gasteiger partial charge in [-0.2, -0.15) is 0 Å². The fourth-order valence-corrected chi connectivity index (χ4v) is 16.3. The Morgan fingerprint density at radius 1 is 0.303 bits per heavy atom. The number of amides is 2. The first kappa shape index (κ1) is 130. The van der Waals surface area contributed by atoms with Crippen LogP contribution < -0.4 is 0 Å². The Labute approximate surface area is 822 Å². The molecule has 10 rings (SSSR count). The molecule has 0 radical (unpaired) electrons. The second-order valence-corrected chi connectivity index (χ2v) is 45.2. The number of nitrogens with zero attached hydrogens (tertiary/aromatic N) is 24. The normalized spacial score (nSPS) is 21.1. The minimum absolute atomic E-state index is 0.207. The van der Waals surface area contributed by atoms with E-state index in [4.69, 9.17) is 4.74 Å². The summed E-state index contributed by atoms with van der Waals surface area (Å²) in [6.07, 6.45) is 9.75. The Morgan fingerprint density at radius 2 is 0.591 bits per heavy atom. The first-order chi connectivity index (χ1) is 61.7. The summed E-state index contributed by atoms with van der Waals surface area (Å²) in [7, 11) is 36.5. The van der Waals surface area contributed by atoms with E-state index in [0.717, 1.165) is 147 Å². The summed E-state index contributed by atoms with van der Waals surface area (Å²) in [6.45, 7) is 100. The molecular weight excluding hydrogens is 1650 g/mol. The van der Waals surface area contributed by atoms with Gasteiger partial charge < -0.3 is 83.1 Å². The average molecular weight is 1880 g/mol. The zero-order chi connectivity index (χ0) is 101. The lowest BCUT2D eigenvalue weighted by atomic mass is 10.1. The van der Waals surface area contributed by atoms with E-state index in [1.54, 1.807) is 6.92 Å². The predicted molar refractivity (Wildman–Crippen MR) is 576 cm³/mol. The van der Waals surface area contributed by atoms with Gasteiger partial charge in [0, 0.05) is 314 Å². The summed E-state index contributed by atoms with van der Waals surface area (Å²) in [4.78, 5) is 79.7. The highest BCUT2D eigenvalue weighted by Crippen LogP contribution is 2.20. The van der Waals surface area contributed by atoms with Crippen molar-refractivity contribution in [2.75, 3.05) is 388 Å². The van der Waals surface area contributed by atoms with Gasteiger partial charge in [-0.1, -0.05) is 6.42 Å². The van der Waals surface area contributed by atoms with Crippen molar-refractivity contribution in [2.45, 2.75) is 295 Å². The molecule has 790 valence electrons. The maximum atomic E-state index is 11.8. The molecule has 0 aromatic heterocycles. The number of ether oxygens (including phenoxy) is 1. The van der Waals surface area contributed by atoms with Crippen LogP contribution in [0.1, 0.15) is 211 Å². The van der Waals surface area contributed by atoms with E-state index < -0.39 is 0 Å². The molecule has 10 aliphatic heterocycles. The average Bonchev–Trinajstić information content (AvgIpc) is 1.11. The molecule has 27 nitrogen and oxygen atoms in total. The largest absolute Gasteiger partial charge is 0.379 e. The van der Waals surface area contributed by atoms with E-state index in [1.165, 1.54) is 202 Å². The van der Waals surface area contributed by atoms with Crippen molar-refractivity contribution >= 4 is 11.8 Å². The second-order valence-electron chi connectivity index (χ2n) is 45.2. The quantitative estimate of drug-likeness (QED) is 0.0678. The number of carbonyl (C=O) groups excluding carboxylic acids is 2. The van der Waals surface area contributed by atoms with Crippen LogP contribution in [-0.2, 0) is 14.3 Å². The Bertz CT molecular complexity index is 2580. The molecule has 0 unspecified atom stereocenters. The van der Waals surface area contributed by atoms with Gasteiger partial charge in [-0.15, -0.1) is 0 Å². The van der Waals surface area contributed by atoms with Crippen LogP contribution in [0.4, 0.5) is 0 Å². The Hall–Kier alpha value is -1.98. The van der Waals surface area contributed by atoms with Crippen LogP contribution in [0.5, 0.6) is 0 Å². The highest BCUT2D eigenvalue weighted by Gasteiger charge is 2.31. The van der Waals surface area contributed by atoms with Crippen LogP contribution in [0.2, 0.25) is 0 Å². The maximum absolute atomic E-state index is 11.8. The Morgan fingerprint density at radius 3 is 0.879 bits per heavy atom. The molecule has 0 aromatic carbocycles. The number of rotatable bonds is 30. The Balaban J connectivity index is 0.00000143. The third-order valence-corrected chi connectivity index (χ3v) is 29.2. The van der Waals surface area contributed by atoms with Crippen molar-refractivity contribution in [1.82, 2.24) is 118 Å². The van der Waals surface area contributed by atoms with Gasteiger partial charge in [-0.25, -0.2) is 0 Å². The summed E-state index contributed by atoms with van der Waals surface area (Å²) in [5, 5.41) is 0. The van der Waals surface area contributed by atoms with E-state index in [-0.39, 0.29) is 17.4 Å². The van der Waals surface area contributed by atoms with E-state index in [2.05, 4.69) is 368 Å². The molecule has 10 aliphatic rings. The van der Waals surface area contributed by atoms with Gasteiger partial charge in [0.15, 0.2) is 0 Å². The van der Waals surface area contributed by atoms with Crippen molar-refractivity contribution < 1.29 is 14.3 Å². The fourth-order valence-electron chi connectivity index (χ4n) is 16.3. The number of hydrogen-bond acceptors (Lipinski definition) is 25. The van der Waals surface area contributed by atoms with Gasteiger partial charge in [-0.3, -0.25) is 48.8 Å². The highest BCUT2D eigenvalue weighted by atomic mass is 16.5. The van der Waals surface area contributed by atoms with E-state index in [0.29, 0.717) is 42.8 Å². The molecule has 2 amide bonds. The summed E-state index contributed by atoms with van der Waals surface area (Å²) >= 11 is 0. The number of hydrogen-bond donors (Lipinski definition) is 0. The minimum atomic E-state index is 0.207. The number of piperidine rings is 1. The van der Waals surface area contributed by atoms with E-state index >= 15 is 0 Å². The molecule has 10 fully saturated rings. The Kier molecular flexibility index (Phi) is 72.1. The third kappa shape index (κ3) is 62.3. The van der Waals surface area contributed by atoms with Crippen molar-refractivity contribution in [2.24, 2.45) is 0 Å². The highest BCUT2D eigenvalue weighted by molar-refractivity contribution is 5.78. The van der Waals surface area contributed by atoms with Gasteiger partial charge in [-0.05, 0) is 344 Å². The zero-order valence-corrected chi connectivity index (χ0v) is 95.9. The number of carbonyl (C=O) groups is 2. The van der Waals surface area contributed by atoms with Crippen LogP contribution in [-0.4, -0.2) is 602 Å². The lowest BCUT2D eigenvalue weighted by molar-refractivity contribution is -0.134. The lowest BCUT2D eigenvalue weighted by Gasteiger charge is -2.45. The summed E-state index contributed by atoms with van der Waals surface area (Å²) in [5.41, 5.74) is 0.284. The first-order valence-electron chi connectivity index (χ1n) is 53.3. The number of likely N-dealkylation sites (N-methyl/N-ethyl adjacent to an activating group) is 12. The lowest BCUT2D eigenvalue weighted by Crippen LogP contribution is -2.59. The van der Waals surface area contributed by atoms with Crippen molar-refractivity contribution in [3.63, 3.8) is 0 Å². The van der Waals surface area contributed by atoms with Gasteiger partial charge in [0.2, 0.25) is 11.8 Å². The maximum Gasteiger partial charge on any atom is 0.236 e. The van der Waals surface area contributed by atoms with Crippen molar-refractivity contribution in [1.29, 1.82) is 0 Å². The molecule has 0 aliphatic carbocycles. The summed E-state index contributed by atoms with van der Waals surface area (Å²) in [5.74, 6) is 0.460. The van der Waals surface area contributed by atoms with E-state index in [1.807, 2.05) is 28.8 Å². The number of piperazine rings is 4. The monoisotopic (exact) mass is 1880 g/mol. The molecule has 27 heteroatoms. The molecule has 0 aromatic rings. The molecule has 0 bridgehead atoms. The van der Waals surface area contributed by atoms with Gasteiger partial charge in [0.05, 0.1) is 19.8 Å². The molecule has 10 heterocycles. The van der Waals surface area contributed by atoms with Crippen LogP contribution >= 0.6 is 0 Å². The SMILES string of the molecule is CC(=O)N1CCN(C(C)C)CC1.CC(C)N(C)CCN(C)C.CC(C)N(C)CCN1CCCC1.CC(C)N(C)CCN1CCCCC1.CC(C)N(C)CCN1CCN(C)CC1.CC(C)N1CC(N(C)C)C1.CC(C)N1CCN(C(=O)CN(C)C)CC1.CC(C)N1CCN(C)CC1.CC(C)N1CC[C@@H](N(C)C)C1.CC(C)N1CC[C@H](N(C)C)C1.CN(CCN1CCOCC1)C(C)(C)C. The van der Waals surface area contributed by atoms with Crippen LogP contribution in [0.25, 0.3) is 0 Å².